The average molecular weight is 762 g/mol. The van der Waals surface area contributed by atoms with Gasteiger partial charge in [-0.15, -0.1) is 5.10 Å². The van der Waals surface area contributed by atoms with Crippen molar-refractivity contribution in [2.24, 2.45) is 11.3 Å². The normalized spacial score (nSPS) is 15.6. The van der Waals surface area contributed by atoms with Gasteiger partial charge >= 0.3 is 12.0 Å². The number of nitrogens with zero attached hydrogens (tertiary/aromatic N) is 4. The van der Waals surface area contributed by atoms with Gasteiger partial charge in [0.05, 0.1) is 12.1 Å². The fourth-order valence-corrected chi connectivity index (χ4v) is 6.57. The van der Waals surface area contributed by atoms with E-state index in [9.17, 15) is 36.3 Å². The Morgan fingerprint density at radius 2 is 1.44 bits per heavy atom. The Morgan fingerprint density at radius 1 is 0.800 bits per heavy atom. The third kappa shape index (κ3) is 8.79. The van der Waals surface area contributed by atoms with Gasteiger partial charge < -0.3 is 10.1 Å². The van der Waals surface area contributed by atoms with E-state index in [1.54, 1.807) is 24.3 Å². The first kappa shape index (κ1) is 38.5. The van der Waals surface area contributed by atoms with Crippen molar-refractivity contribution in [3.05, 3.63) is 124 Å². The molecule has 1 aromatic heterocycles. The van der Waals surface area contributed by atoms with Crippen LogP contribution in [0.5, 0.6) is 5.75 Å². The number of rotatable bonds is 9. The van der Waals surface area contributed by atoms with E-state index < -0.39 is 52.7 Å². The van der Waals surface area contributed by atoms with Gasteiger partial charge in [0, 0.05) is 16.9 Å². The molecule has 0 aliphatic heterocycles. The second-order valence-corrected chi connectivity index (χ2v) is 14.3. The van der Waals surface area contributed by atoms with Crippen molar-refractivity contribution in [3.8, 4) is 5.75 Å². The van der Waals surface area contributed by atoms with Gasteiger partial charge in [-0.3, -0.25) is 15.0 Å². The van der Waals surface area contributed by atoms with E-state index in [1.807, 2.05) is 24.3 Å². The zero-order valence-electron chi connectivity index (χ0n) is 29.9. The molecule has 6 rings (SSSR count). The van der Waals surface area contributed by atoms with Crippen molar-refractivity contribution in [1.29, 1.82) is 0 Å². The molecular formula is C39H36F5N7O4. The molecular weight excluding hydrogens is 725 g/mol. The number of carbonyl (C=O) groups excluding carboxylic acids is 3. The van der Waals surface area contributed by atoms with Gasteiger partial charge in [0.2, 0.25) is 34.8 Å². The molecule has 286 valence electrons. The second-order valence-electron chi connectivity index (χ2n) is 14.3. The number of hydrogen-bond donors (Lipinski definition) is 3. The van der Waals surface area contributed by atoms with Crippen LogP contribution in [0.3, 0.4) is 0 Å². The summed E-state index contributed by atoms with van der Waals surface area (Å²) in [6.45, 7) is 6.85. The van der Waals surface area contributed by atoms with E-state index in [2.05, 4.69) is 56.8 Å². The van der Waals surface area contributed by atoms with Crippen LogP contribution in [-0.2, 0) is 6.54 Å². The Labute approximate surface area is 312 Å². The number of aromatic amines is 1. The van der Waals surface area contributed by atoms with Crippen molar-refractivity contribution >= 4 is 35.2 Å². The minimum atomic E-state index is -2.40. The zero-order chi connectivity index (χ0) is 39.4. The number of ether oxygens (including phenoxy) is 1. The van der Waals surface area contributed by atoms with Crippen molar-refractivity contribution in [3.63, 3.8) is 0 Å². The molecule has 0 unspecified atom stereocenters. The lowest BCUT2D eigenvalue weighted by Gasteiger charge is -2.37. The van der Waals surface area contributed by atoms with E-state index in [0.29, 0.717) is 28.7 Å². The number of benzene rings is 4. The van der Waals surface area contributed by atoms with Crippen molar-refractivity contribution in [2.75, 3.05) is 15.5 Å². The van der Waals surface area contributed by atoms with Crippen molar-refractivity contribution in [2.45, 2.75) is 58.9 Å². The molecule has 1 aliphatic carbocycles. The lowest BCUT2D eigenvalue weighted by atomic mass is 9.69. The third-order valence-electron chi connectivity index (χ3n) is 9.71. The van der Waals surface area contributed by atoms with Crippen LogP contribution in [0.4, 0.5) is 44.1 Å². The third-order valence-corrected chi connectivity index (χ3v) is 9.71. The van der Waals surface area contributed by atoms with E-state index in [4.69, 9.17) is 0 Å². The number of hydrogen-bond acceptors (Lipinski definition) is 7. The number of H-pyrrole nitrogens is 1. The van der Waals surface area contributed by atoms with Crippen LogP contribution >= 0.6 is 0 Å². The number of aromatic nitrogens is 4. The molecule has 1 saturated carbocycles. The largest absolute Gasteiger partial charge is 0.416 e. The molecule has 0 spiro atoms. The van der Waals surface area contributed by atoms with Gasteiger partial charge in [-0.2, -0.15) is 14.0 Å². The molecule has 0 saturated heterocycles. The summed E-state index contributed by atoms with van der Waals surface area (Å²) in [6, 6.07) is 18.6. The SMILES string of the molecule is CC(C)(C)C1CCC(c2ccc(N(Cc3ccc(C(=O)Nc4nn[nH]n4)cc3)C(=O)Nc3cccc(C(=O)Oc4c(F)c(F)c(F)c(F)c4F)c3)cc2)CC1. The highest BCUT2D eigenvalue weighted by Crippen LogP contribution is 2.43. The predicted molar refractivity (Wildman–Crippen MR) is 192 cm³/mol. The first-order valence-electron chi connectivity index (χ1n) is 17.4. The molecule has 16 heteroatoms. The monoisotopic (exact) mass is 761 g/mol. The predicted octanol–water partition coefficient (Wildman–Crippen LogP) is 8.93. The topological polar surface area (TPSA) is 142 Å². The summed E-state index contributed by atoms with van der Waals surface area (Å²) in [7, 11) is 0. The summed E-state index contributed by atoms with van der Waals surface area (Å²) in [4.78, 5) is 40.8. The smallest absolute Gasteiger partial charge is 0.343 e. The van der Waals surface area contributed by atoms with Gasteiger partial charge in [-0.05, 0) is 102 Å². The standard InChI is InChI=1S/C39H36F5N7O4/c1-39(2,3)26-15-11-22(12-16-26)23-13-17-28(18-14-23)51(20-21-7-9-24(10-8-21)35(52)46-37-47-49-50-48-37)38(54)45-27-6-4-5-25(19-27)36(53)55-34-32(43)30(41)29(40)31(42)33(34)44/h4-10,13-14,17-19,22,26H,11-12,15-16,20H2,1-3H3,(H,45,54)(H2,46,47,48,49,50,52). The van der Waals surface area contributed by atoms with Gasteiger partial charge in [0.15, 0.2) is 0 Å². The number of urea groups is 1. The molecule has 1 fully saturated rings. The van der Waals surface area contributed by atoms with E-state index in [0.717, 1.165) is 37.3 Å². The van der Waals surface area contributed by atoms with E-state index >= 15 is 0 Å². The van der Waals surface area contributed by atoms with Crippen LogP contribution in [0.15, 0.2) is 72.8 Å². The van der Waals surface area contributed by atoms with Crippen LogP contribution in [0.25, 0.3) is 0 Å². The molecule has 0 radical (unpaired) electrons. The van der Waals surface area contributed by atoms with Gasteiger partial charge in [0.1, 0.15) is 0 Å². The maximum atomic E-state index is 14.2. The molecule has 5 aromatic rings. The lowest BCUT2D eigenvalue weighted by Crippen LogP contribution is -2.34. The summed E-state index contributed by atoms with van der Waals surface area (Å²) in [5, 5.41) is 18.2. The Balaban J connectivity index is 1.22. The fraction of sp³-hybridized carbons (Fsp3) is 0.282. The summed E-state index contributed by atoms with van der Waals surface area (Å²) in [5.41, 5.74) is 2.59. The first-order chi connectivity index (χ1) is 26.2. The number of halogens is 5. The molecule has 3 amide bonds. The Hall–Kier alpha value is -6.19. The number of anilines is 3. The molecule has 55 heavy (non-hydrogen) atoms. The molecule has 11 nitrogen and oxygen atoms in total. The zero-order valence-corrected chi connectivity index (χ0v) is 29.9. The van der Waals surface area contributed by atoms with Crippen LogP contribution < -0.4 is 20.3 Å². The van der Waals surface area contributed by atoms with Crippen molar-refractivity contribution in [1.82, 2.24) is 20.6 Å². The maximum Gasteiger partial charge on any atom is 0.343 e. The van der Waals surface area contributed by atoms with Gasteiger partial charge in [0.25, 0.3) is 11.9 Å². The number of esters is 1. The second kappa shape index (κ2) is 16.0. The number of carbonyl (C=O) groups is 3. The summed E-state index contributed by atoms with van der Waals surface area (Å²) in [6.07, 6.45) is 4.37. The van der Waals surface area contributed by atoms with Gasteiger partial charge in [-0.25, -0.2) is 22.8 Å². The van der Waals surface area contributed by atoms with Crippen molar-refractivity contribution < 1.29 is 41.1 Å². The summed E-state index contributed by atoms with van der Waals surface area (Å²) < 4.78 is 73.9. The van der Waals surface area contributed by atoms with Crippen LogP contribution in [0.1, 0.15) is 84.2 Å². The minimum absolute atomic E-state index is 0.00229. The molecule has 1 heterocycles. The maximum absolute atomic E-state index is 14.2. The van der Waals surface area contributed by atoms with Crippen LogP contribution in [-0.4, -0.2) is 38.5 Å². The molecule has 0 bridgehead atoms. The highest BCUT2D eigenvalue weighted by atomic mass is 19.2. The molecule has 3 N–H and O–H groups in total. The Morgan fingerprint density at radius 3 is 2.04 bits per heavy atom. The van der Waals surface area contributed by atoms with E-state index in [1.165, 1.54) is 23.1 Å². The molecule has 4 aromatic carbocycles. The quantitative estimate of drug-likeness (QED) is 0.0448. The molecule has 0 atom stereocenters. The first-order valence-corrected chi connectivity index (χ1v) is 17.4. The molecule has 1 aliphatic rings. The highest BCUT2D eigenvalue weighted by Gasteiger charge is 2.31. The van der Waals surface area contributed by atoms with Crippen LogP contribution in [0, 0.1) is 40.4 Å². The summed E-state index contributed by atoms with van der Waals surface area (Å²) >= 11 is 0. The average Bonchev–Trinajstić information content (AvgIpc) is 3.70. The number of nitrogens with one attached hydrogen (secondary N) is 3. The minimum Gasteiger partial charge on any atom is -0.416 e. The van der Waals surface area contributed by atoms with Gasteiger partial charge in [-0.1, -0.05) is 56.2 Å². The van der Waals surface area contributed by atoms with E-state index in [-0.39, 0.29) is 29.2 Å². The van der Waals surface area contributed by atoms with Crippen LogP contribution in [0.2, 0.25) is 0 Å². The summed E-state index contributed by atoms with van der Waals surface area (Å²) in [5.74, 6) is -14.2. The highest BCUT2D eigenvalue weighted by molar-refractivity contribution is 6.04. The lowest BCUT2D eigenvalue weighted by molar-refractivity contribution is 0.0715. The number of tetrazole rings is 1. The fourth-order valence-electron chi connectivity index (χ4n) is 6.57. The number of amides is 3. The Kier molecular flexibility index (Phi) is 11.2. The Bertz CT molecular complexity index is 2160.